The van der Waals surface area contributed by atoms with Gasteiger partial charge in [0, 0.05) is 29.2 Å². The zero-order valence-corrected chi connectivity index (χ0v) is 10.7. The average Bonchev–Trinajstić information content (AvgIpc) is 2.24. The second kappa shape index (κ2) is 6.14. The molecule has 0 aromatic heterocycles. The molecule has 0 radical (unpaired) electrons. The smallest absolute Gasteiger partial charge is 0.312 e. The van der Waals surface area contributed by atoms with Crippen molar-refractivity contribution in [3.05, 3.63) is 38.3 Å². The number of hydrogen-bond acceptors (Lipinski definition) is 3. The summed E-state index contributed by atoms with van der Waals surface area (Å²) in [5.74, 6) is 0. The van der Waals surface area contributed by atoms with Crippen molar-refractivity contribution in [1.29, 1.82) is 0 Å². The molecule has 0 fully saturated rings. The van der Waals surface area contributed by atoms with Crippen LogP contribution in [0.15, 0.2) is 22.7 Å². The summed E-state index contributed by atoms with van der Waals surface area (Å²) in [5.41, 5.74) is 0.231. The molecule has 0 saturated carbocycles. The molecule has 0 aliphatic heterocycles. The van der Waals surface area contributed by atoms with Gasteiger partial charge in [0.15, 0.2) is 0 Å². The molecule has 0 saturated heterocycles. The van der Waals surface area contributed by atoms with Gasteiger partial charge >= 0.3 is 6.18 Å². The Morgan fingerprint density at radius 3 is 2.61 bits per heavy atom. The van der Waals surface area contributed by atoms with Gasteiger partial charge in [0.05, 0.1) is 11.3 Å². The minimum absolute atomic E-state index is 0.0275. The number of nitrogens with zero attached hydrogens (tertiary/aromatic N) is 1. The Labute approximate surface area is 109 Å². The quantitative estimate of drug-likeness (QED) is 0.512. The Kier molecular flexibility index (Phi) is 5.09. The molecule has 100 valence electrons. The minimum Gasteiger partial charge on any atom is -0.312 e. The summed E-state index contributed by atoms with van der Waals surface area (Å²) in [5, 5.41) is 13.3. The fraction of sp³-hybridized carbons (Fsp3) is 0.400. The Morgan fingerprint density at radius 2 is 2.06 bits per heavy atom. The second-order valence-corrected chi connectivity index (χ2v) is 4.49. The molecule has 0 bridgehead atoms. The van der Waals surface area contributed by atoms with Crippen LogP contribution in [0, 0.1) is 10.1 Å². The first-order valence-electron chi connectivity index (χ1n) is 5.00. The standard InChI is InChI=1S/C10H10BrF3N2O2/c11-8-2-1-7(9(5-8)16(17)18)6-15-4-3-10(12,13)14/h1-2,5,15H,3-4,6H2. The van der Waals surface area contributed by atoms with Gasteiger partial charge in [-0.3, -0.25) is 10.1 Å². The van der Waals surface area contributed by atoms with Crippen LogP contribution in [0.1, 0.15) is 12.0 Å². The van der Waals surface area contributed by atoms with Gasteiger partial charge in [-0.1, -0.05) is 15.9 Å². The summed E-state index contributed by atoms with van der Waals surface area (Å²) in [6.45, 7) is -0.240. The highest BCUT2D eigenvalue weighted by molar-refractivity contribution is 9.10. The van der Waals surface area contributed by atoms with Gasteiger partial charge in [-0.15, -0.1) is 0 Å². The number of halogens is 4. The molecule has 0 aliphatic carbocycles. The van der Waals surface area contributed by atoms with Crippen LogP contribution in [0.25, 0.3) is 0 Å². The zero-order valence-electron chi connectivity index (χ0n) is 9.13. The maximum atomic E-state index is 11.9. The van der Waals surface area contributed by atoms with Gasteiger partial charge in [0.25, 0.3) is 5.69 Å². The molecule has 18 heavy (non-hydrogen) atoms. The van der Waals surface area contributed by atoms with Crippen LogP contribution in [0.5, 0.6) is 0 Å². The Bertz CT molecular complexity index is 438. The van der Waals surface area contributed by atoms with Gasteiger partial charge < -0.3 is 5.32 Å². The summed E-state index contributed by atoms with van der Waals surface area (Å²) in [6, 6.07) is 4.43. The van der Waals surface area contributed by atoms with Crippen molar-refractivity contribution in [2.45, 2.75) is 19.1 Å². The second-order valence-electron chi connectivity index (χ2n) is 3.57. The van der Waals surface area contributed by atoms with Crippen molar-refractivity contribution in [2.24, 2.45) is 0 Å². The van der Waals surface area contributed by atoms with E-state index in [2.05, 4.69) is 21.2 Å². The maximum absolute atomic E-state index is 11.9. The summed E-state index contributed by atoms with van der Waals surface area (Å²) < 4.78 is 36.2. The number of benzene rings is 1. The summed E-state index contributed by atoms with van der Waals surface area (Å²) >= 11 is 3.10. The fourth-order valence-corrected chi connectivity index (χ4v) is 1.66. The van der Waals surface area contributed by atoms with Crippen molar-refractivity contribution in [3.8, 4) is 0 Å². The molecule has 4 nitrogen and oxygen atoms in total. The van der Waals surface area contributed by atoms with E-state index in [1.807, 2.05) is 0 Å². The van der Waals surface area contributed by atoms with E-state index in [0.717, 1.165) is 0 Å². The third kappa shape index (κ3) is 5.01. The average molecular weight is 327 g/mol. The molecule has 8 heteroatoms. The lowest BCUT2D eigenvalue weighted by Gasteiger charge is -2.08. The van der Waals surface area contributed by atoms with E-state index in [9.17, 15) is 23.3 Å². The van der Waals surface area contributed by atoms with Gasteiger partial charge in [0.1, 0.15) is 0 Å². The lowest BCUT2D eigenvalue weighted by molar-refractivity contribution is -0.385. The molecular formula is C10H10BrF3N2O2. The Morgan fingerprint density at radius 1 is 1.39 bits per heavy atom. The van der Waals surface area contributed by atoms with Crippen LogP contribution < -0.4 is 5.32 Å². The highest BCUT2D eigenvalue weighted by Crippen LogP contribution is 2.23. The van der Waals surface area contributed by atoms with Crippen molar-refractivity contribution in [2.75, 3.05) is 6.54 Å². The number of nitro benzene ring substituents is 1. The van der Waals surface area contributed by atoms with Crippen LogP contribution in [0.4, 0.5) is 18.9 Å². The first-order chi connectivity index (χ1) is 8.29. The predicted octanol–water partition coefficient (Wildman–Crippen LogP) is 3.40. The van der Waals surface area contributed by atoms with Crippen molar-refractivity contribution in [1.82, 2.24) is 5.32 Å². The van der Waals surface area contributed by atoms with E-state index in [1.54, 1.807) is 6.07 Å². The minimum atomic E-state index is -4.22. The predicted molar refractivity (Wildman–Crippen MR) is 63.2 cm³/mol. The Hall–Kier alpha value is -1.15. The van der Waals surface area contributed by atoms with E-state index in [0.29, 0.717) is 10.0 Å². The molecule has 1 aromatic carbocycles. The van der Waals surface area contributed by atoms with Gasteiger partial charge in [-0.05, 0) is 12.1 Å². The molecule has 0 atom stereocenters. The SMILES string of the molecule is O=[N+]([O-])c1cc(Br)ccc1CNCCC(F)(F)F. The van der Waals surface area contributed by atoms with E-state index < -0.39 is 17.5 Å². The molecule has 0 amide bonds. The van der Waals surface area contributed by atoms with Crippen LogP contribution >= 0.6 is 15.9 Å². The third-order valence-electron chi connectivity index (χ3n) is 2.14. The molecule has 1 N–H and O–H groups in total. The summed E-state index contributed by atoms with van der Waals surface area (Å²) in [7, 11) is 0. The van der Waals surface area contributed by atoms with Crippen molar-refractivity contribution >= 4 is 21.6 Å². The third-order valence-corrected chi connectivity index (χ3v) is 2.64. The van der Waals surface area contributed by atoms with Crippen LogP contribution in [-0.2, 0) is 6.54 Å². The van der Waals surface area contributed by atoms with Crippen molar-refractivity contribution in [3.63, 3.8) is 0 Å². The first kappa shape index (κ1) is 14.9. The number of alkyl halides is 3. The van der Waals surface area contributed by atoms with Gasteiger partial charge in [-0.2, -0.15) is 13.2 Å². The Balaban J connectivity index is 2.59. The monoisotopic (exact) mass is 326 g/mol. The number of nitrogens with one attached hydrogen (secondary N) is 1. The summed E-state index contributed by atoms with van der Waals surface area (Å²) in [6.07, 6.45) is -5.18. The molecular weight excluding hydrogens is 317 g/mol. The fourth-order valence-electron chi connectivity index (χ4n) is 1.31. The molecule has 1 aromatic rings. The maximum Gasteiger partial charge on any atom is 0.390 e. The summed E-state index contributed by atoms with van der Waals surface area (Å²) in [4.78, 5) is 10.2. The van der Waals surface area contributed by atoms with Gasteiger partial charge in [-0.25, -0.2) is 0 Å². The molecule has 0 heterocycles. The number of hydrogen-bond donors (Lipinski definition) is 1. The number of nitro groups is 1. The van der Waals surface area contributed by atoms with E-state index in [4.69, 9.17) is 0 Å². The van der Waals surface area contributed by atoms with Gasteiger partial charge in [0.2, 0.25) is 0 Å². The topological polar surface area (TPSA) is 55.2 Å². The molecule has 1 rings (SSSR count). The highest BCUT2D eigenvalue weighted by atomic mass is 79.9. The normalized spacial score (nSPS) is 11.6. The molecule has 0 aliphatic rings. The largest absolute Gasteiger partial charge is 0.390 e. The lowest BCUT2D eigenvalue weighted by Crippen LogP contribution is -2.21. The van der Waals surface area contributed by atoms with E-state index in [1.165, 1.54) is 12.1 Å². The lowest BCUT2D eigenvalue weighted by atomic mass is 10.2. The van der Waals surface area contributed by atoms with E-state index in [-0.39, 0.29) is 18.8 Å². The van der Waals surface area contributed by atoms with Crippen LogP contribution in [0.3, 0.4) is 0 Å². The highest BCUT2D eigenvalue weighted by Gasteiger charge is 2.26. The van der Waals surface area contributed by atoms with E-state index >= 15 is 0 Å². The van der Waals surface area contributed by atoms with Crippen molar-refractivity contribution < 1.29 is 18.1 Å². The number of rotatable bonds is 5. The zero-order chi connectivity index (χ0) is 13.8. The van der Waals surface area contributed by atoms with Crippen LogP contribution in [-0.4, -0.2) is 17.6 Å². The van der Waals surface area contributed by atoms with Crippen LogP contribution in [0.2, 0.25) is 0 Å². The molecule has 0 unspecified atom stereocenters. The first-order valence-corrected chi connectivity index (χ1v) is 5.79. The molecule has 0 spiro atoms.